The van der Waals surface area contributed by atoms with Crippen LogP contribution in [-0.2, 0) is 11.0 Å². The Balaban J connectivity index is 1.54. The van der Waals surface area contributed by atoms with Gasteiger partial charge in [0.25, 0.3) is 0 Å². The minimum atomic E-state index is -1.44. The molecule has 0 bridgehead atoms. The fourth-order valence-corrected chi connectivity index (χ4v) is 4.07. The zero-order valence-corrected chi connectivity index (χ0v) is 17.5. The van der Waals surface area contributed by atoms with E-state index in [-0.39, 0.29) is 6.04 Å². The molecular weight excluding hydrogens is 415 g/mol. The highest BCUT2D eigenvalue weighted by Gasteiger charge is 2.25. The number of nitrogens with one attached hydrogen (secondary N) is 1. The van der Waals surface area contributed by atoms with E-state index in [9.17, 15) is 4.21 Å². The van der Waals surface area contributed by atoms with Gasteiger partial charge in [-0.25, -0.2) is 14.2 Å². The second kappa shape index (κ2) is 8.64. The van der Waals surface area contributed by atoms with E-state index < -0.39 is 11.0 Å². The standard InChI is InChI=1S/C20H20Cl2N4OS/c21-15-6-4-14(5-7-15)19-12-13-26(24-19)20(23-17-2-1-3-17)25-28(27)18-10-8-16(22)9-11-18/h4-11,17H,1-3,12-13H2,(H,23,25). The van der Waals surface area contributed by atoms with Crippen molar-refractivity contribution in [1.82, 2.24) is 9.73 Å². The topological polar surface area (TPSA) is 57.1 Å². The Morgan fingerprint density at radius 1 is 1.07 bits per heavy atom. The van der Waals surface area contributed by atoms with Crippen LogP contribution in [-0.4, -0.2) is 33.5 Å². The minimum absolute atomic E-state index is 0.263. The average Bonchev–Trinajstić information content (AvgIpc) is 3.14. The molecule has 0 amide bonds. The highest BCUT2D eigenvalue weighted by molar-refractivity contribution is 7.83. The number of benzene rings is 2. The van der Waals surface area contributed by atoms with E-state index in [0.29, 0.717) is 27.4 Å². The molecule has 4 rings (SSSR count). The summed E-state index contributed by atoms with van der Waals surface area (Å²) < 4.78 is 15.8. The van der Waals surface area contributed by atoms with Crippen molar-refractivity contribution in [3.63, 3.8) is 0 Å². The third kappa shape index (κ3) is 4.57. The molecule has 0 radical (unpaired) electrons. The summed E-state index contributed by atoms with van der Waals surface area (Å²) in [6.45, 7) is 0.689. The van der Waals surface area contributed by atoms with E-state index in [1.165, 1.54) is 6.42 Å². The van der Waals surface area contributed by atoms with Crippen LogP contribution in [0.5, 0.6) is 0 Å². The summed E-state index contributed by atoms with van der Waals surface area (Å²) in [6, 6.07) is 14.9. The molecule has 2 aromatic carbocycles. The Bertz CT molecular complexity index is 924. The molecule has 1 aliphatic heterocycles. The Kier molecular flexibility index (Phi) is 5.99. The molecule has 1 N–H and O–H groups in total. The van der Waals surface area contributed by atoms with Crippen LogP contribution in [0.3, 0.4) is 0 Å². The third-order valence-corrected chi connectivity index (χ3v) is 6.39. The molecule has 0 aromatic heterocycles. The van der Waals surface area contributed by atoms with Gasteiger partial charge in [-0.3, -0.25) is 4.72 Å². The number of hydrazone groups is 1. The van der Waals surface area contributed by atoms with Crippen LogP contribution in [0, 0.1) is 0 Å². The molecule has 1 heterocycles. The minimum Gasteiger partial charge on any atom is -0.270 e. The van der Waals surface area contributed by atoms with Crippen molar-refractivity contribution in [1.29, 1.82) is 0 Å². The van der Waals surface area contributed by atoms with Gasteiger partial charge in [0.05, 0.1) is 23.2 Å². The molecule has 1 saturated carbocycles. The van der Waals surface area contributed by atoms with Crippen LogP contribution < -0.4 is 4.72 Å². The molecule has 0 saturated heterocycles. The van der Waals surface area contributed by atoms with Gasteiger partial charge in [-0.15, -0.1) is 0 Å². The summed E-state index contributed by atoms with van der Waals surface area (Å²) in [4.78, 5) is 5.42. The van der Waals surface area contributed by atoms with E-state index in [2.05, 4.69) is 4.72 Å². The van der Waals surface area contributed by atoms with Gasteiger partial charge in [-0.2, -0.15) is 5.10 Å². The maximum absolute atomic E-state index is 12.8. The van der Waals surface area contributed by atoms with Crippen LogP contribution >= 0.6 is 23.2 Å². The van der Waals surface area contributed by atoms with Gasteiger partial charge < -0.3 is 0 Å². The summed E-state index contributed by atoms with van der Waals surface area (Å²) in [6.07, 6.45) is 4.09. The zero-order valence-electron chi connectivity index (χ0n) is 15.1. The van der Waals surface area contributed by atoms with Crippen molar-refractivity contribution in [2.75, 3.05) is 6.54 Å². The van der Waals surface area contributed by atoms with Gasteiger partial charge in [0, 0.05) is 16.5 Å². The monoisotopic (exact) mass is 434 g/mol. The maximum Gasteiger partial charge on any atom is 0.227 e. The third-order valence-electron chi connectivity index (χ3n) is 4.82. The van der Waals surface area contributed by atoms with Gasteiger partial charge in [0.2, 0.25) is 5.96 Å². The van der Waals surface area contributed by atoms with Crippen molar-refractivity contribution in [2.24, 2.45) is 10.1 Å². The molecule has 2 aliphatic rings. The van der Waals surface area contributed by atoms with Crippen molar-refractivity contribution in [3.8, 4) is 0 Å². The molecule has 5 nitrogen and oxygen atoms in total. The highest BCUT2D eigenvalue weighted by Crippen LogP contribution is 2.23. The summed E-state index contributed by atoms with van der Waals surface area (Å²) in [5, 5.41) is 7.85. The first kappa shape index (κ1) is 19.4. The quantitative estimate of drug-likeness (QED) is 0.563. The average molecular weight is 435 g/mol. The number of halogens is 2. The number of nitrogens with zero attached hydrogens (tertiary/aromatic N) is 3. The van der Waals surface area contributed by atoms with E-state index in [0.717, 1.165) is 30.5 Å². The Morgan fingerprint density at radius 3 is 2.32 bits per heavy atom. The Hall–Kier alpha value is -1.89. The summed E-state index contributed by atoms with van der Waals surface area (Å²) in [5.41, 5.74) is 2.01. The highest BCUT2D eigenvalue weighted by atomic mass is 35.5. The number of aliphatic imine (C=N–C) groups is 1. The second-order valence-electron chi connectivity index (χ2n) is 6.79. The van der Waals surface area contributed by atoms with Gasteiger partial charge in [0.15, 0.2) is 11.0 Å². The van der Waals surface area contributed by atoms with Gasteiger partial charge in [-0.05, 0) is 61.2 Å². The largest absolute Gasteiger partial charge is 0.270 e. The van der Waals surface area contributed by atoms with Crippen molar-refractivity contribution in [3.05, 3.63) is 64.1 Å². The summed E-state index contributed by atoms with van der Waals surface area (Å²) in [7, 11) is -1.44. The number of hydrogen-bond donors (Lipinski definition) is 1. The number of rotatable bonds is 4. The van der Waals surface area contributed by atoms with Gasteiger partial charge in [0.1, 0.15) is 0 Å². The van der Waals surface area contributed by atoms with Crippen molar-refractivity contribution in [2.45, 2.75) is 36.6 Å². The Morgan fingerprint density at radius 2 is 1.71 bits per heavy atom. The lowest BCUT2D eigenvalue weighted by Gasteiger charge is -2.25. The lowest BCUT2D eigenvalue weighted by molar-refractivity contribution is 0.403. The first-order valence-electron chi connectivity index (χ1n) is 9.21. The predicted octanol–water partition coefficient (Wildman–Crippen LogP) is 4.62. The number of guanidine groups is 1. The summed E-state index contributed by atoms with van der Waals surface area (Å²) >= 11 is 11.9. The predicted molar refractivity (Wildman–Crippen MR) is 115 cm³/mol. The van der Waals surface area contributed by atoms with E-state index in [1.807, 2.05) is 29.3 Å². The Labute approximate surface area is 177 Å². The second-order valence-corrected chi connectivity index (χ2v) is 8.87. The van der Waals surface area contributed by atoms with Crippen molar-refractivity contribution >= 4 is 45.9 Å². The number of hydrogen-bond acceptors (Lipinski definition) is 3. The van der Waals surface area contributed by atoms with Crippen LogP contribution in [0.15, 0.2) is 63.5 Å². The fourth-order valence-electron chi connectivity index (χ4n) is 2.99. The normalized spacial score (nSPS) is 18.6. The van der Waals surface area contributed by atoms with Gasteiger partial charge in [-0.1, -0.05) is 35.3 Å². The lowest BCUT2D eigenvalue weighted by atomic mass is 9.94. The molecule has 0 spiro atoms. The molecular formula is C20H20Cl2N4OS. The van der Waals surface area contributed by atoms with Crippen LogP contribution in [0.4, 0.5) is 0 Å². The van der Waals surface area contributed by atoms with Gasteiger partial charge >= 0.3 is 0 Å². The summed E-state index contributed by atoms with van der Waals surface area (Å²) in [5.74, 6) is 0.557. The molecule has 8 heteroatoms. The molecule has 28 heavy (non-hydrogen) atoms. The zero-order chi connectivity index (χ0) is 19.5. The van der Waals surface area contributed by atoms with E-state index >= 15 is 0 Å². The van der Waals surface area contributed by atoms with Crippen molar-refractivity contribution < 1.29 is 4.21 Å². The molecule has 146 valence electrons. The van der Waals surface area contributed by atoms with Crippen LogP contribution in [0.25, 0.3) is 0 Å². The van der Waals surface area contributed by atoms with Crippen LogP contribution in [0.1, 0.15) is 31.2 Å². The van der Waals surface area contributed by atoms with Crippen LogP contribution in [0.2, 0.25) is 10.0 Å². The molecule has 1 atom stereocenters. The molecule has 2 aromatic rings. The maximum atomic E-state index is 12.8. The SMILES string of the molecule is O=S(NC(=NC1CCC1)N1CCC(c2ccc(Cl)cc2)=N1)c1ccc(Cl)cc1. The first-order valence-corrected chi connectivity index (χ1v) is 11.1. The molecule has 1 fully saturated rings. The smallest absolute Gasteiger partial charge is 0.227 e. The fraction of sp³-hybridized carbons (Fsp3) is 0.300. The lowest BCUT2D eigenvalue weighted by Crippen LogP contribution is -2.39. The van der Waals surface area contributed by atoms with E-state index in [1.54, 1.807) is 24.3 Å². The molecule has 1 unspecified atom stereocenters. The first-order chi connectivity index (χ1) is 13.6. The van der Waals surface area contributed by atoms with E-state index in [4.69, 9.17) is 33.3 Å². The molecule has 1 aliphatic carbocycles.